The van der Waals surface area contributed by atoms with Gasteiger partial charge in [0.1, 0.15) is 0 Å². The first kappa shape index (κ1) is 12.5. The van der Waals surface area contributed by atoms with Crippen molar-refractivity contribution in [2.24, 2.45) is 5.92 Å². The predicted molar refractivity (Wildman–Crippen MR) is 61.9 cm³/mol. The van der Waals surface area contributed by atoms with Crippen molar-refractivity contribution >= 4 is 0 Å². The molecule has 0 heterocycles. The van der Waals surface area contributed by atoms with Crippen LogP contribution in [0.2, 0.25) is 0 Å². The van der Waals surface area contributed by atoms with E-state index in [9.17, 15) is 0 Å². The molecule has 0 nitrogen and oxygen atoms in total. The van der Waals surface area contributed by atoms with Gasteiger partial charge < -0.3 is 0 Å². The maximum atomic E-state index is 3.91. The van der Waals surface area contributed by atoms with E-state index in [1.807, 2.05) is 0 Å². The summed E-state index contributed by atoms with van der Waals surface area (Å²) < 4.78 is 0. The van der Waals surface area contributed by atoms with Crippen LogP contribution in [-0.2, 0) is 0 Å². The van der Waals surface area contributed by atoms with Gasteiger partial charge in [-0.25, -0.2) is 0 Å². The third-order valence-corrected chi connectivity index (χ3v) is 2.11. The van der Waals surface area contributed by atoms with Crippen LogP contribution in [0.1, 0.15) is 53.4 Å². The first-order valence-electron chi connectivity index (χ1n) is 5.32. The van der Waals surface area contributed by atoms with Crippen LogP contribution in [0.25, 0.3) is 0 Å². The molecule has 0 aromatic carbocycles. The van der Waals surface area contributed by atoms with Crippen LogP contribution in [0.3, 0.4) is 0 Å². The zero-order chi connectivity index (χ0) is 10.3. The molecule has 0 N–H and O–H groups in total. The summed E-state index contributed by atoms with van der Waals surface area (Å²) in [6.07, 6.45) is 7.27. The molecule has 0 atom stereocenters. The van der Waals surface area contributed by atoms with Crippen molar-refractivity contribution in [2.75, 3.05) is 0 Å². The van der Waals surface area contributed by atoms with Gasteiger partial charge in [-0.05, 0) is 45.4 Å². The van der Waals surface area contributed by atoms with Crippen LogP contribution in [-0.4, -0.2) is 0 Å². The average Bonchev–Trinajstić information content (AvgIpc) is 2.00. The lowest BCUT2D eigenvalue weighted by molar-refractivity contribution is 0.657. The van der Waals surface area contributed by atoms with E-state index >= 15 is 0 Å². The molecular formula is C13H24. The fourth-order valence-electron chi connectivity index (χ4n) is 1.21. The molecule has 0 saturated carbocycles. The van der Waals surface area contributed by atoms with Gasteiger partial charge in [0.25, 0.3) is 0 Å². The van der Waals surface area contributed by atoms with Crippen molar-refractivity contribution in [3.05, 3.63) is 23.8 Å². The average molecular weight is 180 g/mol. The highest BCUT2D eigenvalue weighted by atomic mass is 14.0. The highest BCUT2D eigenvalue weighted by Gasteiger charge is 1.93. The molecule has 0 heteroatoms. The van der Waals surface area contributed by atoms with Crippen molar-refractivity contribution in [3.8, 4) is 0 Å². The summed E-state index contributed by atoms with van der Waals surface area (Å²) in [5.74, 6) is 0.788. The second kappa shape index (κ2) is 6.94. The summed E-state index contributed by atoms with van der Waals surface area (Å²) in [7, 11) is 0. The molecule has 0 spiro atoms. The van der Waals surface area contributed by atoms with E-state index in [1.165, 1.54) is 36.8 Å². The molecule has 0 unspecified atom stereocenters. The van der Waals surface area contributed by atoms with E-state index in [1.54, 1.807) is 0 Å². The van der Waals surface area contributed by atoms with Crippen LogP contribution in [0.15, 0.2) is 23.8 Å². The molecule has 0 rings (SSSR count). The van der Waals surface area contributed by atoms with Gasteiger partial charge in [-0.1, -0.05) is 31.1 Å². The number of hydrogen-bond donors (Lipinski definition) is 0. The molecule has 0 aliphatic carbocycles. The van der Waals surface area contributed by atoms with Crippen molar-refractivity contribution in [1.29, 1.82) is 0 Å². The predicted octanol–water partition coefficient (Wildman–Crippen LogP) is 4.73. The van der Waals surface area contributed by atoms with E-state index in [0.29, 0.717) is 0 Å². The molecule has 0 aromatic rings. The summed E-state index contributed by atoms with van der Waals surface area (Å²) in [4.78, 5) is 0. The molecule has 0 fully saturated rings. The molecule has 13 heavy (non-hydrogen) atoms. The molecule has 0 aromatic heterocycles. The van der Waals surface area contributed by atoms with Gasteiger partial charge in [-0.15, -0.1) is 6.58 Å². The topological polar surface area (TPSA) is 0 Å². The Morgan fingerprint density at radius 2 is 1.85 bits per heavy atom. The second-order valence-electron chi connectivity index (χ2n) is 4.49. The van der Waals surface area contributed by atoms with Gasteiger partial charge >= 0.3 is 0 Å². The molecule has 0 radical (unpaired) electrons. The fraction of sp³-hybridized carbons (Fsp3) is 0.692. The van der Waals surface area contributed by atoms with E-state index in [-0.39, 0.29) is 0 Å². The van der Waals surface area contributed by atoms with Crippen molar-refractivity contribution in [3.63, 3.8) is 0 Å². The molecule has 0 aliphatic rings. The highest BCUT2D eigenvalue weighted by molar-refractivity contribution is 4.99. The summed E-state index contributed by atoms with van der Waals surface area (Å²) >= 11 is 0. The van der Waals surface area contributed by atoms with Gasteiger partial charge in [0.15, 0.2) is 0 Å². The van der Waals surface area contributed by atoms with E-state index < -0.39 is 0 Å². The van der Waals surface area contributed by atoms with Crippen LogP contribution in [0, 0.1) is 5.92 Å². The molecule has 0 saturated heterocycles. The van der Waals surface area contributed by atoms with Crippen LogP contribution < -0.4 is 0 Å². The summed E-state index contributed by atoms with van der Waals surface area (Å²) in [5.41, 5.74) is 2.84. The normalized spacial score (nSPS) is 12.2. The first-order valence-corrected chi connectivity index (χ1v) is 5.32. The third-order valence-electron chi connectivity index (χ3n) is 2.11. The third kappa shape index (κ3) is 9.39. The number of rotatable bonds is 6. The Labute approximate surface area is 83.7 Å². The molecular weight excluding hydrogens is 156 g/mol. The molecule has 0 aliphatic heterocycles. The Morgan fingerprint density at radius 3 is 2.31 bits per heavy atom. The summed E-state index contributed by atoms with van der Waals surface area (Å²) in [6.45, 7) is 12.8. The van der Waals surface area contributed by atoms with Crippen molar-refractivity contribution in [2.45, 2.75) is 53.4 Å². The monoisotopic (exact) mass is 180 g/mol. The van der Waals surface area contributed by atoms with E-state index in [2.05, 4.69) is 40.3 Å². The Hall–Kier alpha value is -0.520. The molecule has 76 valence electrons. The van der Waals surface area contributed by atoms with Gasteiger partial charge in [0.05, 0.1) is 0 Å². The van der Waals surface area contributed by atoms with Gasteiger partial charge in [0, 0.05) is 0 Å². The SMILES string of the molecule is C=C(C)CCCC(C)=CCC(C)C. The Morgan fingerprint density at radius 1 is 1.23 bits per heavy atom. The van der Waals surface area contributed by atoms with E-state index in [4.69, 9.17) is 0 Å². The van der Waals surface area contributed by atoms with E-state index in [0.717, 1.165) is 5.92 Å². The Bertz CT molecular complexity index is 172. The Kier molecular flexibility index (Phi) is 6.66. The standard InChI is InChI=1S/C13H24/c1-11(2)7-6-8-13(5)10-9-12(3)4/h10,12H,1,6-9H2,2-5H3. The maximum absolute atomic E-state index is 3.91. The summed E-state index contributed by atoms with van der Waals surface area (Å²) in [5, 5.41) is 0. The quantitative estimate of drug-likeness (QED) is 0.519. The van der Waals surface area contributed by atoms with Crippen LogP contribution >= 0.6 is 0 Å². The first-order chi connectivity index (χ1) is 6.02. The van der Waals surface area contributed by atoms with Crippen LogP contribution in [0.4, 0.5) is 0 Å². The molecule has 0 bridgehead atoms. The van der Waals surface area contributed by atoms with Crippen LogP contribution in [0.5, 0.6) is 0 Å². The largest absolute Gasteiger partial charge is 0.100 e. The molecule has 0 amide bonds. The fourth-order valence-corrected chi connectivity index (χ4v) is 1.21. The van der Waals surface area contributed by atoms with Gasteiger partial charge in [-0.3, -0.25) is 0 Å². The minimum Gasteiger partial charge on any atom is -0.100 e. The lowest BCUT2D eigenvalue weighted by atomic mass is 10.0. The minimum atomic E-state index is 0.788. The Balaban J connectivity index is 3.55. The number of allylic oxidation sites excluding steroid dienone is 3. The smallest absolute Gasteiger partial charge is 0.0320 e. The van der Waals surface area contributed by atoms with Gasteiger partial charge in [-0.2, -0.15) is 0 Å². The zero-order valence-corrected chi connectivity index (χ0v) is 9.69. The summed E-state index contributed by atoms with van der Waals surface area (Å²) in [6, 6.07) is 0. The second-order valence-corrected chi connectivity index (χ2v) is 4.49. The van der Waals surface area contributed by atoms with Crippen molar-refractivity contribution in [1.82, 2.24) is 0 Å². The number of hydrogen-bond acceptors (Lipinski definition) is 0. The minimum absolute atomic E-state index is 0.788. The lowest BCUT2D eigenvalue weighted by Crippen LogP contribution is -1.85. The maximum Gasteiger partial charge on any atom is -0.0320 e. The van der Waals surface area contributed by atoms with Gasteiger partial charge in [0.2, 0.25) is 0 Å². The zero-order valence-electron chi connectivity index (χ0n) is 9.69. The highest BCUT2D eigenvalue weighted by Crippen LogP contribution is 2.12. The lowest BCUT2D eigenvalue weighted by Gasteiger charge is -2.03. The van der Waals surface area contributed by atoms with Crippen molar-refractivity contribution < 1.29 is 0 Å².